The average molecular weight is 475 g/mol. The van der Waals surface area contributed by atoms with Crippen molar-refractivity contribution in [2.45, 2.75) is 104 Å². The van der Waals surface area contributed by atoms with Gasteiger partial charge in [0.05, 0.1) is 0 Å². The third-order valence-corrected chi connectivity index (χ3v) is 6.03. The Morgan fingerprint density at radius 1 is 0.676 bits per heavy atom. The van der Waals surface area contributed by atoms with Crippen molar-refractivity contribution in [2.75, 3.05) is 13.1 Å². The van der Waals surface area contributed by atoms with Gasteiger partial charge < -0.3 is 20.1 Å². The molecule has 0 aromatic heterocycles. The lowest BCUT2D eigenvalue weighted by atomic mass is 9.82. The summed E-state index contributed by atoms with van der Waals surface area (Å²) in [6.07, 6.45) is 18.9. The fourth-order valence-corrected chi connectivity index (χ4v) is 4.15. The van der Waals surface area contributed by atoms with Crippen LogP contribution in [-0.4, -0.2) is 36.5 Å². The Morgan fingerprint density at radius 3 is 1.21 bits per heavy atom. The molecule has 0 spiro atoms. The van der Waals surface area contributed by atoms with Crippen LogP contribution in [-0.2, 0) is 9.47 Å². The number of hydrogen-bond donors (Lipinski definition) is 2. The maximum atomic E-state index is 11.5. The molecule has 6 heteroatoms. The number of rotatable bonds is 4. The molecule has 0 aromatic carbocycles. The molecule has 0 aromatic rings. The molecule has 2 saturated carbocycles. The van der Waals surface area contributed by atoms with Crippen LogP contribution >= 0.6 is 0 Å². The van der Waals surface area contributed by atoms with Crippen LogP contribution in [0.25, 0.3) is 0 Å². The SMILES string of the molecule is C#CC1CCC(CNC(=O)OC(C)(C)C)CC1.C#CC1CCC(CNC(=O)OC(C)(C)C)CC1. The van der Waals surface area contributed by atoms with E-state index in [1.165, 1.54) is 0 Å². The lowest BCUT2D eigenvalue weighted by Gasteiger charge is -2.26. The first-order valence-corrected chi connectivity index (χ1v) is 12.7. The zero-order valence-corrected chi connectivity index (χ0v) is 22.2. The van der Waals surface area contributed by atoms with Gasteiger partial charge in [-0.25, -0.2) is 9.59 Å². The predicted octanol–water partition coefficient (Wildman–Crippen LogP) is 5.90. The molecule has 2 aliphatic rings. The Morgan fingerprint density at radius 2 is 0.971 bits per heavy atom. The standard InChI is InChI=1S/2C14H23NO2/c2*1-5-11-6-8-12(9-7-11)10-15-13(16)17-14(2,3)4/h2*1,11-12H,6-10H2,2-4H3,(H,15,16). The number of terminal acetylenes is 2. The Kier molecular flexibility index (Phi) is 12.4. The van der Waals surface area contributed by atoms with E-state index in [4.69, 9.17) is 22.3 Å². The van der Waals surface area contributed by atoms with Gasteiger partial charge in [-0.3, -0.25) is 0 Å². The van der Waals surface area contributed by atoms with E-state index in [2.05, 4.69) is 22.5 Å². The van der Waals surface area contributed by atoms with Gasteiger partial charge in [-0.1, -0.05) is 0 Å². The van der Waals surface area contributed by atoms with E-state index >= 15 is 0 Å². The molecular weight excluding hydrogens is 428 g/mol. The van der Waals surface area contributed by atoms with Crippen LogP contribution in [0.15, 0.2) is 0 Å². The van der Waals surface area contributed by atoms with Gasteiger partial charge in [0.2, 0.25) is 0 Å². The number of carbonyl (C=O) groups excluding carboxylic acids is 2. The monoisotopic (exact) mass is 474 g/mol. The second-order valence-corrected chi connectivity index (χ2v) is 11.5. The van der Waals surface area contributed by atoms with Gasteiger partial charge in [0, 0.05) is 24.9 Å². The summed E-state index contributed by atoms with van der Waals surface area (Å²) in [6.45, 7) is 12.6. The highest BCUT2D eigenvalue weighted by atomic mass is 16.6. The van der Waals surface area contributed by atoms with E-state index in [9.17, 15) is 9.59 Å². The van der Waals surface area contributed by atoms with Gasteiger partial charge in [0.1, 0.15) is 11.2 Å². The molecule has 192 valence electrons. The van der Waals surface area contributed by atoms with E-state index in [0.717, 1.165) is 51.4 Å². The Labute approximate surface area is 207 Å². The molecule has 2 amide bonds. The van der Waals surface area contributed by atoms with Gasteiger partial charge in [-0.05, 0) is 105 Å². The highest BCUT2D eigenvalue weighted by Gasteiger charge is 2.23. The molecular formula is C28H46N2O4. The highest BCUT2D eigenvalue weighted by Crippen LogP contribution is 2.28. The minimum absolute atomic E-state index is 0.323. The van der Waals surface area contributed by atoms with Crippen molar-refractivity contribution in [1.82, 2.24) is 10.6 Å². The minimum atomic E-state index is -0.425. The minimum Gasteiger partial charge on any atom is -0.444 e. The molecule has 0 radical (unpaired) electrons. The van der Waals surface area contributed by atoms with Crippen molar-refractivity contribution in [3.63, 3.8) is 0 Å². The molecule has 6 nitrogen and oxygen atoms in total. The molecule has 0 bridgehead atoms. The summed E-state index contributed by atoms with van der Waals surface area (Å²) >= 11 is 0. The number of ether oxygens (including phenoxy) is 2. The second kappa shape index (κ2) is 14.1. The fraction of sp³-hybridized carbons (Fsp3) is 0.786. The van der Waals surface area contributed by atoms with Gasteiger partial charge in [-0.15, -0.1) is 24.7 Å². The lowest BCUT2D eigenvalue weighted by Crippen LogP contribution is -2.36. The van der Waals surface area contributed by atoms with Crippen molar-refractivity contribution in [1.29, 1.82) is 0 Å². The van der Waals surface area contributed by atoms with E-state index in [-0.39, 0.29) is 12.2 Å². The van der Waals surface area contributed by atoms with Crippen LogP contribution in [0.1, 0.15) is 92.9 Å². The third kappa shape index (κ3) is 14.0. The number of hydrogen-bond acceptors (Lipinski definition) is 4. The lowest BCUT2D eigenvalue weighted by molar-refractivity contribution is 0.0503. The second-order valence-electron chi connectivity index (χ2n) is 11.5. The molecule has 0 unspecified atom stereocenters. The van der Waals surface area contributed by atoms with E-state index in [0.29, 0.717) is 36.8 Å². The van der Waals surface area contributed by atoms with Gasteiger partial charge in [0.25, 0.3) is 0 Å². The first-order chi connectivity index (χ1) is 15.8. The zero-order valence-electron chi connectivity index (χ0n) is 22.2. The van der Waals surface area contributed by atoms with Crippen LogP contribution < -0.4 is 10.6 Å². The first kappa shape index (κ1) is 29.7. The normalized spacial score (nSPS) is 24.8. The molecule has 2 rings (SSSR count). The van der Waals surface area contributed by atoms with Crippen molar-refractivity contribution < 1.29 is 19.1 Å². The van der Waals surface area contributed by atoms with Crippen LogP contribution in [0.5, 0.6) is 0 Å². The summed E-state index contributed by atoms with van der Waals surface area (Å²) in [4.78, 5) is 22.9. The third-order valence-electron chi connectivity index (χ3n) is 6.03. The van der Waals surface area contributed by atoms with Crippen LogP contribution in [0.3, 0.4) is 0 Å². The molecule has 0 aliphatic heterocycles. The predicted molar refractivity (Wildman–Crippen MR) is 137 cm³/mol. The summed E-state index contributed by atoms with van der Waals surface area (Å²) in [5.41, 5.74) is -0.851. The summed E-state index contributed by atoms with van der Waals surface area (Å²) in [5.74, 6) is 7.59. The van der Waals surface area contributed by atoms with E-state index in [1.807, 2.05) is 41.5 Å². The number of nitrogens with one attached hydrogen (secondary N) is 2. The highest BCUT2D eigenvalue weighted by molar-refractivity contribution is 5.68. The smallest absolute Gasteiger partial charge is 0.407 e. The van der Waals surface area contributed by atoms with Crippen LogP contribution in [0, 0.1) is 48.4 Å². The molecule has 0 heterocycles. The maximum Gasteiger partial charge on any atom is 0.407 e. The van der Waals surface area contributed by atoms with Gasteiger partial charge >= 0.3 is 12.2 Å². The summed E-state index contributed by atoms with van der Waals surface area (Å²) in [6, 6.07) is 0. The first-order valence-electron chi connectivity index (χ1n) is 12.7. The summed E-state index contributed by atoms with van der Waals surface area (Å²) in [7, 11) is 0. The molecule has 2 N–H and O–H groups in total. The molecule has 34 heavy (non-hydrogen) atoms. The van der Waals surface area contributed by atoms with Gasteiger partial charge in [-0.2, -0.15) is 0 Å². The summed E-state index contributed by atoms with van der Waals surface area (Å²) < 4.78 is 10.4. The van der Waals surface area contributed by atoms with Crippen molar-refractivity contribution in [3.8, 4) is 24.7 Å². The Hall–Kier alpha value is -2.34. The molecule has 2 aliphatic carbocycles. The number of amides is 2. The fourth-order valence-electron chi connectivity index (χ4n) is 4.15. The summed E-state index contributed by atoms with van der Waals surface area (Å²) in [5, 5.41) is 5.66. The molecule has 0 atom stereocenters. The van der Waals surface area contributed by atoms with Crippen LogP contribution in [0.4, 0.5) is 9.59 Å². The maximum absolute atomic E-state index is 11.5. The average Bonchev–Trinajstić information content (AvgIpc) is 2.75. The van der Waals surface area contributed by atoms with E-state index in [1.54, 1.807) is 0 Å². The van der Waals surface area contributed by atoms with Crippen molar-refractivity contribution >= 4 is 12.2 Å². The van der Waals surface area contributed by atoms with Crippen LogP contribution in [0.2, 0.25) is 0 Å². The van der Waals surface area contributed by atoms with E-state index < -0.39 is 11.2 Å². The van der Waals surface area contributed by atoms with Gasteiger partial charge in [0.15, 0.2) is 0 Å². The van der Waals surface area contributed by atoms with Crippen molar-refractivity contribution in [2.24, 2.45) is 23.7 Å². The Bertz CT molecular complexity index is 643. The molecule has 2 fully saturated rings. The Balaban J connectivity index is 0.000000340. The number of carbonyl (C=O) groups is 2. The number of alkyl carbamates (subject to hydrolysis) is 2. The zero-order chi connectivity index (χ0) is 25.8. The topological polar surface area (TPSA) is 76.7 Å². The largest absolute Gasteiger partial charge is 0.444 e. The quantitative estimate of drug-likeness (QED) is 0.497. The van der Waals surface area contributed by atoms with Crippen molar-refractivity contribution in [3.05, 3.63) is 0 Å². The molecule has 0 saturated heterocycles.